The van der Waals surface area contributed by atoms with E-state index in [0.29, 0.717) is 24.5 Å². The van der Waals surface area contributed by atoms with E-state index in [1.807, 2.05) is 57.2 Å². The lowest BCUT2D eigenvalue weighted by atomic mass is 9.98. The molecule has 0 radical (unpaired) electrons. The fourth-order valence-corrected chi connectivity index (χ4v) is 2.24. The molecule has 0 amide bonds. The molecular formula is C18H20O3. The summed E-state index contributed by atoms with van der Waals surface area (Å²) in [6, 6.07) is 11.6. The van der Waals surface area contributed by atoms with Gasteiger partial charge in [-0.1, -0.05) is 29.8 Å². The summed E-state index contributed by atoms with van der Waals surface area (Å²) in [5.41, 5.74) is 3.65. The summed E-state index contributed by atoms with van der Waals surface area (Å²) >= 11 is 0. The highest BCUT2D eigenvalue weighted by atomic mass is 16.5. The van der Waals surface area contributed by atoms with E-state index in [2.05, 4.69) is 0 Å². The summed E-state index contributed by atoms with van der Waals surface area (Å²) in [7, 11) is 0. The molecule has 0 aromatic heterocycles. The molecule has 0 saturated carbocycles. The highest BCUT2D eigenvalue weighted by Gasteiger charge is 2.10. The lowest BCUT2D eigenvalue weighted by molar-refractivity contribution is 0.112. The van der Waals surface area contributed by atoms with E-state index in [1.165, 1.54) is 0 Å². The monoisotopic (exact) mass is 284 g/mol. The topological polar surface area (TPSA) is 35.5 Å². The molecular weight excluding hydrogens is 264 g/mol. The van der Waals surface area contributed by atoms with Gasteiger partial charge in [0.05, 0.1) is 13.2 Å². The average molecular weight is 284 g/mol. The summed E-state index contributed by atoms with van der Waals surface area (Å²) < 4.78 is 11.2. The van der Waals surface area contributed by atoms with Crippen LogP contribution in [0.25, 0.3) is 11.1 Å². The largest absolute Gasteiger partial charge is 0.490 e. The molecule has 110 valence electrons. The maximum atomic E-state index is 11.2. The molecule has 2 rings (SSSR count). The zero-order valence-corrected chi connectivity index (χ0v) is 12.7. The van der Waals surface area contributed by atoms with Gasteiger partial charge >= 0.3 is 0 Å². The van der Waals surface area contributed by atoms with Crippen LogP contribution >= 0.6 is 0 Å². The van der Waals surface area contributed by atoms with E-state index in [1.54, 1.807) is 0 Å². The molecule has 21 heavy (non-hydrogen) atoms. The van der Waals surface area contributed by atoms with Crippen molar-refractivity contribution in [3.63, 3.8) is 0 Å². The Balaban J connectivity index is 2.51. The summed E-state index contributed by atoms with van der Waals surface area (Å²) in [5.74, 6) is 1.43. The number of aldehydes is 1. The number of hydrogen-bond acceptors (Lipinski definition) is 3. The van der Waals surface area contributed by atoms with Gasteiger partial charge in [0.25, 0.3) is 0 Å². The van der Waals surface area contributed by atoms with Gasteiger partial charge in [-0.15, -0.1) is 0 Å². The Bertz CT molecular complexity index is 632. The molecule has 2 aromatic rings. The number of aryl methyl sites for hydroxylation is 1. The molecule has 0 aliphatic rings. The number of benzene rings is 2. The van der Waals surface area contributed by atoms with E-state index in [-0.39, 0.29) is 0 Å². The first-order valence-corrected chi connectivity index (χ1v) is 7.15. The van der Waals surface area contributed by atoms with Crippen LogP contribution in [0.5, 0.6) is 11.5 Å². The number of rotatable bonds is 6. The van der Waals surface area contributed by atoms with Gasteiger partial charge in [0.15, 0.2) is 17.8 Å². The second kappa shape index (κ2) is 6.93. The summed E-state index contributed by atoms with van der Waals surface area (Å²) in [6.45, 7) is 7.04. The summed E-state index contributed by atoms with van der Waals surface area (Å²) in [5, 5.41) is 0. The predicted octanol–water partition coefficient (Wildman–Crippen LogP) is 4.27. The van der Waals surface area contributed by atoms with E-state index in [9.17, 15) is 4.79 Å². The molecule has 0 atom stereocenters. The lowest BCUT2D eigenvalue weighted by Gasteiger charge is -2.13. The molecule has 0 bridgehead atoms. The van der Waals surface area contributed by atoms with Gasteiger partial charge in [0.1, 0.15) is 0 Å². The summed E-state index contributed by atoms with van der Waals surface area (Å²) in [6.07, 6.45) is 0.881. The standard InChI is InChI=1S/C18H20O3/c1-4-20-17-9-8-14(11-18(17)21-5-2)16-10-13(3)6-7-15(16)12-19/h6-12H,4-5H2,1-3H3. The van der Waals surface area contributed by atoms with Crippen LogP contribution in [0.4, 0.5) is 0 Å². The average Bonchev–Trinajstić information content (AvgIpc) is 2.49. The molecule has 2 aromatic carbocycles. The molecule has 0 saturated heterocycles. The first kappa shape index (κ1) is 15.1. The second-order valence-electron chi connectivity index (χ2n) is 4.74. The molecule has 0 aliphatic heterocycles. The Morgan fingerprint density at radius 3 is 2.33 bits per heavy atom. The van der Waals surface area contributed by atoms with Gasteiger partial charge in [-0.25, -0.2) is 0 Å². The number of carbonyl (C=O) groups is 1. The van der Waals surface area contributed by atoms with Crippen LogP contribution < -0.4 is 9.47 Å². The molecule has 0 spiro atoms. The number of ether oxygens (including phenoxy) is 2. The Hall–Kier alpha value is -2.29. The molecule has 0 heterocycles. The van der Waals surface area contributed by atoms with Crippen molar-refractivity contribution in [1.82, 2.24) is 0 Å². The Morgan fingerprint density at radius 1 is 0.952 bits per heavy atom. The second-order valence-corrected chi connectivity index (χ2v) is 4.74. The minimum Gasteiger partial charge on any atom is -0.490 e. The highest BCUT2D eigenvalue weighted by Crippen LogP contribution is 2.34. The van der Waals surface area contributed by atoms with Crippen LogP contribution in [0.15, 0.2) is 36.4 Å². The van der Waals surface area contributed by atoms with Crippen LogP contribution in [0, 0.1) is 6.92 Å². The minimum absolute atomic E-state index is 0.567. The third-order valence-corrected chi connectivity index (χ3v) is 3.19. The van der Waals surface area contributed by atoms with E-state index in [4.69, 9.17) is 9.47 Å². The minimum atomic E-state index is 0.567. The van der Waals surface area contributed by atoms with E-state index < -0.39 is 0 Å². The van der Waals surface area contributed by atoms with Crippen LogP contribution in [-0.2, 0) is 0 Å². The van der Waals surface area contributed by atoms with E-state index >= 15 is 0 Å². The van der Waals surface area contributed by atoms with Crippen LogP contribution in [0.3, 0.4) is 0 Å². The molecule has 0 aliphatic carbocycles. The third kappa shape index (κ3) is 3.43. The zero-order chi connectivity index (χ0) is 15.2. The molecule has 3 nitrogen and oxygen atoms in total. The van der Waals surface area contributed by atoms with Crippen LogP contribution in [0.2, 0.25) is 0 Å². The van der Waals surface area contributed by atoms with Gasteiger partial charge in [0, 0.05) is 5.56 Å². The van der Waals surface area contributed by atoms with Gasteiger partial charge in [-0.3, -0.25) is 4.79 Å². The Morgan fingerprint density at radius 2 is 1.67 bits per heavy atom. The van der Waals surface area contributed by atoms with Crippen molar-refractivity contribution in [3.05, 3.63) is 47.5 Å². The van der Waals surface area contributed by atoms with Crippen molar-refractivity contribution in [3.8, 4) is 22.6 Å². The maximum absolute atomic E-state index is 11.2. The lowest BCUT2D eigenvalue weighted by Crippen LogP contribution is -1.99. The van der Waals surface area contributed by atoms with Crippen molar-refractivity contribution in [1.29, 1.82) is 0 Å². The third-order valence-electron chi connectivity index (χ3n) is 3.19. The predicted molar refractivity (Wildman–Crippen MR) is 84.3 cm³/mol. The zero-order valence-electron chi connectivity index (χ0n) is 12.7. The molecule has 0 unspecified atom stereocenters. The Labute approximate surface area is 125 Å². The van der Waals surface area contributed by atoms with Gasteiger partial charge < -0.3 is 9.47 Å². The first-order chi connectivity index (χ1) is 10.2. The van der Waals surface area contributed by atoms with Crippen LogP contribution in [-0.4, -0.2) is 19.5 Å². The number of hydrogen-bond donors (Lipinski definition) is 0. The molecule has 0 N–H and O–H groups in total. The first-order valence-electron chi connectivity index (χ1n) is 7.15. The fraction of sp³-hybridized carbons (Fsp3) is 0.278. The number of carbonyl (C=O) groups excluding carboxylic acids is 1. The van der Waals surface area contributed by atoms with Gasteiger partial charge in [-0.2, -0.15) is 0 Å². The van der Waals surface area contributed by atoms with E-state index in [0.717, 1.165) is 28.7 Å². The van der Waals surface area contributed by atoms with Crippen molar-refractivity contribution in [2.45, 2.75) is 20.8 Å². The Kier molecular flexibility index (Phi) is 4.99. The van der Waals surface area contributed by atoms with Crippen molar-refractivity contribution in [2.24, 2.45) is 0 Å². The van der Waals surface area contributed by atoms with Crippen LogP contribution in [0.1, 0.15) is 29.8 Å². The smallest absolute Gasteiger partial charge is 0.161 e. The van der Waals surface area contributed by atoms with Crippen molar-refractivity contribution < 1.29 is 14.3 Å². The maximum Gasteiger partial charge on any atom is 0.161 e. The molecule has 0 fully saturated rings. The quantitative estimate of drug-likeness (QED) is 0.743. The van der Waals surface area contributed by atoms with Crippen molar-refractivity contribution >= 4 is 6.29 Å². The fourth-order valence-electron chi connectivity index (χ4n) is 2.24. The van der Waals surface area contributed by atoms with Gasteiger partial charge in [0.2, 0.25) is 0 Å². The van der Waals surface area contributed by atoms with Crippen molar-refractivity contribution in [2.75, 3.05) is 13.2 Å². The molecule has 3 heteroatoms. The highest BCUT2D eigenvalue weighted by molar-refractivity contribution is 5.88. The normalized spacial score (nSPS) is 10.2. The van der Waals surface area contributed by atoms with Gasteiger partial charge in [-0.05, 0) is 44.0 Å². The summed E-state index contributed by atoms with van der Waals surface area (Å²) in [4.78, 5) is 11.2. The SMILES string of the molecule is CCOc1ccc(-c2cc(C)ccc2C=O)cc1OCC.